The molecule has 1 atom stereocenters. The molecule has 0 saturated heterocycles. The van der Waals surface area contributed by atoms with E-state index in [2.05, 4.69) is 16.0 Å². The van der Waals surface area contributed by atoms with E-state index in [4.69, 9.17) is 16.0 Å². The number of hydrogen-bond donors (Lipinski definition) is 3. The van der Waals surface area contributed by atoms with Gasteiger partial charge in [0.05, 0.1) is 30.6 Å². The minimum absolute atomic E-state index is 0.0276. The highest BCUT2D eigenvalue weighted by Crippen LogP contribution is 2.19. The lowest BCUT2D eigenvalue weighted by Gasteiger charge is -2.18. The molecule has 3 rings (SSSR count). The number of nitrogens with one attached hydrogen (secondary N) is 3. The van der Waals surface area contributed by atoms with Crippen LogP contribution in [0.3, 0.4) is 0 Å². The maximum atomic E-state index is 12.5. The van der Waals surface area contributed by atoms with E-state index < -0.39 is 0 Å². The van der Waals surface area contributed by atoms with E-state index in [0.717, 1.165) is 12.0 Å². The number of rotatable bonds is 9. The molecule has 1 unspecified atom stereocenters. The van der Waals surface area contributed by atoms with E-state index in [1.54, 1.807) is 42.7 Å². The number of carbonyl (C=O) groups is 2. The molecule has 0 aliphatic carbocycles. The van der Waals surface area contributed by atoms with Crippen molar-refractivity contribution in [3.8, 4) is 0 Å². The number of hydrogen-bond acceptors (Lipinski definition) is 4. The first kappa shape index (κ1) is 21.6. The lowest BCUT2D eigenvalue weighted by atomic mass is 10.0. The SMILES string of the molecule is CCC(NCC(=O)Nc1ccccc1C(=O)NCc1ccco1)c1ccc(Cl)cc1. The predicted molar refractivity (Wildman–Crippen MR) is 117 cm³/mol. The molecule has 7 heteroatoms. The molecule has 0 bridgehead atoms. The van der Waals surface area contributed by atoms with Crippen molar-refractivity contribution in [2.24, 2.45) is 0 Å². The highest BCUT2D eigenvalue weighted by Gasteiger charge is 2.15. The standard InChI is InChI=1S/C23H24ClN3O3/c1-2-20(16-9-11-17(24)12-10-16)25-15-22(28)27-21-8-4-3-7-19(21)23(29)26-14-18-6-5-13-30-18/h3-13,20,25H,2,14-15H2,1H3,(H,26,29)(H,27,28). The van der Waals surface area contributed by atoms with Gasteiger partial charge in [0.2, 0.25) is 5.91 Å². The van der Waals surface area contributed by atoms with E-state index in [-0.39, 0.29) is 30.9 Å². The number of amides is 2. The van der Waals surface area contributed by atoms with Crippen LogP contribution in [0.2, 0.25) is 5.02 Å². The van der Waals surface area contributed by atoms with Crippen molar-refractivity contribution < 1.29 is 14.0 Å². The summed E-state index contributed by atoms with van der Waals surface area (Å²) in [6, 6.07) is 18.0. The summed E-state index contributed by atoms with van der Waals surface area (Å²) in [5.74, 6) is 0.137. The van der Waals surface area contributed by atoms with Crippen LogP contribution < -0.4 is 16.0 Å². The van der Waals surface area contributed by atoms with Gasteiger partial charge in [0, 0.05) is 11.1 Å². The van der Waals surface area contributed by atoms with Gasteiger partial charge in [-0.1, -0.05) is 42.8 Å². The van der Waals surface area contributed by atoms with Crippen molar-refractivity contribution in [1.82, 2.24) is 10.6 Å². The minimum atomic E-state index is -0.289. The quantitative estimate of drug-likeness (QED) is 0.470. The van der Waals surface area contributed by atoms with Gasteiger partial charge in [0.1, 0.15) is 5.76 Å². The first-order chi connectivity index (χ1) is 14.6. The van der Waals surface area contributed by atoms with Crippen molar-refractivity contribution in [2.75, 3.05) is 11.9 Å². The van der Waals surface area contributed by atoms with Gasteiger partial charge < -0.3 is 20.4 Å². The molecule has 0 spiro atoms. The average Bonchev–Trinajstić information content (AvgIpc) is 3.28. The summed E-state index contributed by atoms with van der Waals surface area (Å²) in [6.45, 7) is 2.43. The molecule has 6 nitrogen and oxygen atoms in total. The van der Waals surface area contributed by atoms with Gasteiger partial charge in [-0.15, -0.1) is 0 Å². The number of para-hydroxylation sites is 1. The molecular weight excluding hydrogens is 402 g/mol. The molecule has 2 aromatic carbocycles. The van der Waals surface area contributed by atoms with Crippen LogP contribution in [0.15, 0.2) is 71.3 Å². The van der Waals surface area contributed by atoms with E-state index >= 15 is 0 Å². The van der Waals surface area contributed by atoms with Crippen LogP contribution in [-0.4, -0.2) is 18.4 Å². The van der Waals surface area contributed by atoms with Crippen LogP contribution in [0.25, 0.3) is 0 Å². The molecule has 0 aliphatic heterocycles. The Morgan fingerprint density at radius 2 is 1.80 bits per heavy atom. The fourth-order valence-corrected chi connectivity index (χ4v) is 3.20. The molecule has 156 valence electrons. The monoisotopic (exact) mass is 425 g/mol. The fraction of sp³-hybridized carbons (Fsp3) is 0.217. The second-order valence-electron chi connectivity index (χ2n) is 6.75. The largest absolute Gasteiger partial charge is 0.467 e. The van der Waals surface area contributed by atoms with Crippen LogP contribution in [0, 0.1) is 0 Å². The Balaban J connectivity index is 1.58. The van der Waals surface area contributed by atoms with Crippen molar-refractivity contribution in [2.45, 2.75) is 25.9 Å². The number of furan rings is 1. The Hall–Kier alpha value is -3.09. The third-order valence-corrected chi connectivity index (χ3v) is 4.89. The lowest BCUT2D eigenvalue weighted by molar-refractivity contribution is -0.115. The van der Waals surface area contributed by atoms with Crippen molar-refractivity contribution in [3.63, 3.8) is 0 Å². The summed E-state index contributed by atoms with van der Waals surface area (Å²) < 4.78 is 5.22. The maximum absolute atomic E-state index is 12.5. The molecule has 2 amide bonds. The zero-order chi connectivity index (χ0) is 21.3. The highest BCUT2D eigenvalue weighted by atomic mass is 35.5. The van der Waals surface area contributed by atoms with E-state index in [0.29, 0.717) is 22.0 Å². The van der Waals surface area contributed by atoms with Gasteiger partial charge in [0.25, 0.3) is 5.91 Å². The van der Waals surface area contributed by atoms with E-state index in [1.165, 1.54) is 0 Å². The van der Waals surface area contributed by atoms with Crippen molar-refractivity contribution in [1.29, 1.82) is 0 Å². The first-order valence-electron chi connectivity index (χ1n) is 9.75. The molecular formula is C23H24ClN3O3. The van der Waals surface area contributed by atoms with Crippen molar-refractivity contribution >= 4 is 29.1 Å². The summed E-state index contributed by atoms with van der Waals surface area (Å²) >= 11 is 5.95. The average molecular weight is 426 g/mol. The van der Waals surface area contributed by atoms with Gasteiger partial charge in [-0.2, -0.15) is 0 Å². The molecule has 1 aromatic heterocycles. The summed E-state index contributed by atoms with van der Waals surface area (Å²) in [5.41, 5.74) is 1.91. The molecule has 30 heavy (non-hydrogen) atoms. The van der Waals surface area contributed by atoms with Crippen LogP contribution in [0.4, 0.5) is 5.69 Å². The molecule has 0 radical (unpaired) electrons. The number of anilines is 1. The topological polar surface area (TPSA) is 83.4 Å². The summed E-state index contributed by atoms with van der Waals surface area (Å²) in [6.07, 6.45) is 2.37. The number of carbonyl (C=O) groups excluding carboxylic acids is 2. The second-order valence-corrected chi connectivity index (χ2v) is 7.19. The maximum Gasteiger partial charge on any atom is 0.253 e. The molecule has 3 aromatic rings. The third kappa shape index (κ3) is 5.95. The predicted octanol–water partition coefficient (Wildman–Crippen LogP) is 4.54. The van der Waals surface area contributed by atoms with E-state index in [1.807, 2.05) is 31.2 Å². The lowest BCUT2D eigenvalue weighted by Crippen LogP contribution is -2.32. The normalized spacial score (nSPS) is 11.7. The van der Waals surface area contributed by atoms with Gasteiger partial charge in [-0.3, -0.25) is 9.59 Å². The summed E-state index contributed by atoms with van der Waals surface area (Å²) in [7, 11) is 0. The highest BCUT2D eigenvalue weighted by molar-refractivity contribution is 6.30. The third-order valence-electron chi connectivity index (χ3n) is 4.64. The molecule has 1 heterocycles. The van der Waals surface area contributed by atoms with Crippen molar-refractivity contribution in [3.05, 3.63) is 88.8 Å². The van der Waals surface area contributed by atoms with Gasteiger partial charge in [-0.05, 0) is 48.4 Å². The smallest absolute Gasteiger partial charge is 0.253 e. The molecule has 0 fully saturated rings. The second kappa shape index (κ2) is 10.6. The van der Waals surface area contributed by atoms with Gasteiger partial charge in [0.15, 0.2) is 0 Å². The minimum Gasteiger partial charge on any atom is -0.467 e. The Kier molecular flexibility index (Phi) is 7.65. The van der Waals surface area contributed by atoms with E-state index in [9.17, 15) is 9.59 Å². The first-order valence-corrected chi connectivity index (χ1v) is 10.1. The van der Waals surface area contributed by atoms with Crippen LogP contribution in [0.1, 0.15) is 41.1 Å². The zero-order valence-corrected chi connectivity index (χ0v) is 17.4. The number of halogens is 1. The molecule has 0 saturated carbocycles. The Morgan fingerprint density at radius 1 is 1.03 bits per heavy atom. The Labute approximate surface area is 180 Å². The summed E-state index contributed by atoms with van der Waals surface area (Å²) in [4.78, 5) is 25.0. The van der Waals surface area contributed by atoms with Gasteiger partial charge >= 0.3 is 0 Å². The summed E-state index contributed by atoms with van der Waals surface area (Å²) in [5, 5.41) is 9.53. The zero-order valence-electron chi connectivity index (χ0n) is 16.7. The Bertz CT molecular complexity index is 972. The van der Waals surface area contributed by atoms with Gasteiger partial charge in [-0.25, -0.2) is 0 Å². The molecule has 3 N–H and O–H groups in total. The molecule has 0 aliphatic rings. The number of benzene rings is 2. The van der Waals surface area contributed by atoms with Crippen LogP contribution in [-0.2, 0) is 11.3 Å². The van der Waals surface area contributed by atoms with Crippen LogP contribution >= 0.6 is 11.6 Å². The Morgan fingerprint density at radius 3 is 2.50 bits per heavy atom. The van der Waals surface area contributed by atoms with Crippen LogP contribution in [0.5, 0.6) is 0 Å². The fourth-order valence-electron chi connectivity index (χ4n) is 3.07.